The first-order valence-corrected chi connectivity index (χ1v) is 10.8. The van der Waals surface area contributed by atoms with Gasteiger partial charge in [-0.2, -0.15) is 4.39 Å². The van der Waals surface area contributed by atoms with E-state index < -0.39 is 11.6 Å². The zero-order valence-corrected chi connectivity index (χ0v) is 17.8. The van der Waals surface area contributed by atoms with Gasteiger partial charge in [-0.1, -0.05) is 17.4 Å². The molecule has 0 bridgehead atoms. The molecule has 9 nitrogen and oxygen atoms in total. The number of hydrogen-bond acceptors (Lipinski definition) is 6. The molecule has 0 aliphatic carbocycles. The molecule has 0 saturated carbocycles. The molecule has 1 unspecified atom stereocenters. The molecule has 2 aliphatic heterocycles. The number of nitrogens with one attached hydrogen (secondary N) is 2. The Hall–Kier alpha value is -3.73. The SMILES string of the molecule is Nc1ncc(C2=CCN(C(=O)C3CCCN3)CC2)cc1-c1nn[nH][n+]1-c1cccc(F)c1F. The number of nitrogens with two attached hydrogens (primary N) is 1. The van der Waals surface area contributed by atoms with Gasteiger partial charge in [-0.05, 0) is 55.1 Å². The molecule has 2 aliphatic rings. The fraction of sp³-hybridized carbons (Fsp3) is 0.318. The van der Waals surface area contributed by atoms with Crippen LogP contribution < -0.4 is 15.7 Å². The number of halogens is 2. The normalized spacial score (nSPS) is 18.4. The van der Waals surface area contributed by atoms with Crippen molar-refractivity contribution in [2.75, 3.05) is 25.4 Å². The largest absolute Gasteiger partial charge is 0.383 e. The average molecular weight is 453 g/mol. The van der Waals surface area contributed by atoms with E-state index in [1.807, 2.05) is 11.0 Å². The first-order chi connectivity index (χ1) is 16.0. The van der Waals surface area contributed by atoms with Gasteiger partial charge in [0.05, 0.1) is 11.6 Å². The van der Waals surface area contributed by atoms with E-state index in [0.29, 0.717) is 25.1 Å². The summed E-state index contributed by atoms with van der Waals surface area (Å²) in [5, 5.41) is 13.6. The van der Waals surface area contributed by atoms with Gasteiger partial charge in [0.15, 0.2) is 22.5 Å². The van der Waals surface area contributed by atoms with Crippen molar-refractivity contribution in [2.24, 2.45) is 0 Å². The van der Waals surface area contributed by atoms with Crippen LogP contribution in [0, 0.1) is 11.6 Å². The summed E-state index contributed by atoms with van der Waals surface area (Å²) in [5.41, 5.74) is 8.30. The predicted molar refractivity (Wildman–Crippen MR) is 116 cm³/mol. The lowest BCUT2D eigenvalue weighted by molar-refractivity contribution is -0.651. The summed E-state index contributed by atoms with van der Waals surface area (Å²) in [6.45, 7) is 2.01. The smallest absolute Gasteiger partial charge is 0.341 e. The third-order valence-electron chi connectivity index (χ3n) is 6.08. The molecular formula is C22H23F2N8O+. The van der Waals surface area contributed by atoms with E-state index in [1.54, 1.807) is 12.3 Å². The Balaban J connectivity index is 1.43. The van der Waals surface area contributed by atoms with E-state index >= 15 is 0 Å². The summed E-state index contributed by atoms with van der Waals surface area (Å²) in [7, 11) is 0. The van der Waals surface area contributed by atoms with Crippen LogP contribution in [0.2, 0.25) is 0 Å². The summed E-state index contributed by atoms with van der Waals surface area (Å²) in [5.74, 6) is -1.50. The quantitative estimate of drug-likeness (QED) is 0.514. The van der Waals surface area contributed by atoms with Gasteiger partial charge in [0.1, 0.15) is 10.9 Å². The molecule has 170 valence electrons. The van der Waals surface area contributed by atoms with Crippen molar-refractivity contribution < 1.29 is 18.3 Å². The van der Waals surface area contributed by atoms with E-state index in [2.05, 4.69) is 25.8 Å². The molecule has 2 aromatic heterocycles. The van der Waals surface area contributed by atoms with Gasteiger partial charge in [-0.25, -0.2) is 9.37 Å². The molecular weight excluding hydrogens is 430 g/mol. The van der Waals surface area contributed by atoms with E-state index in [1.165, 1.54) is 16.8 Å². The molecule has 1 saturated heterocycles. The Morgan fingerprint density at radius 3 is 2.94 bits per heavy atom. The number of rotatable bonds is 4. The summed E-state index contributed by atoms with van der Waals surface area (Å²) in [6, 6.07) is 5.55. The number of pyridine rings is 1. The average Bonchev–Trinajstić information content (AvgIpc) is 3.53. The summed E-state index contributed by atoms with van der Waals surface area (Å²) in [4.78, 5) is 18.8. The number of carbonyl (C=O) groups excluding carboxylic acids is 1. The van der Waals surface area contributed by atoms with Crippen LogP contribution in [0.5, 0.6) is 0 Å². The van der Waals surface area contributed by atoms with Gasteiger partial charge in [0.2, 0.25) is 5.91 Å². The molecule has 11 heteroatoms. The minimum atomic E-state index is -1.03. The first-order valence-electron chi connectivity index (χ1n) is 10.8. The van der Waals surface area contributed by atoms with E-state index in [-0.39, 0.29) is 29.3 Å². The molecule has 4 N–H and O–H groups in total. The standard InChI is InChI=1S/C22H22F2N8O/c23-16-3-1-5-18(19(16)24)32-21(28-29-30-32)15-11-14(12-27-20(15)25)13-6-9-31(10-7-13)22(33)17-4-2-8-26-17/h1,3,5-6,11-12,17,26H,2,4,7-10H2,(H2,25,27,28,30)/p+1. The van der Waals surface area contributed by atoms with Crippen molar-refractivity contribution >= 4 is 17.3 Å². The molecule has 1 atom stereocenters. The van der Waals surface area contributed by atoms with Crippen LogP contribution in [0.15, 0.2) is 36.5 Å². The Labute approximate surface area is 188 Å². The van der Waals surface area contributed by atoms with Gasteiger partial charge in [-0.15, -0.1) is 4.68 Å². The van der Waals surface area contributed by atoms with Crippen LogP contribution in [-0.4, -0.2) is 57.0 Å². The summed E-state index contributed by atoms with van der Waals surface area (Å²) >= 11 is 0. The number of aromatic nitrogens is 5. The lowest BCUT2D eigenvalue weighted by Gasteiger charge is -2.29. The van der Waals surface area contributed by atoms with Crippen molar-refractivity contribution in [3.8, 4) is 17.1 Å². The molecule has 5 rings (SSSR count). The van der Waals surface area contributed by atoms with Gasteiger partial charge in [0.25, 0.3) is 0 Å². The van der Waals surface area contributed by atoms with Crippen LogP contribution in [0.4, 0.5) is 14.6 Å². The van der Waals surface area contributed by atoms with Gasteiger partial charge in [0, 0.05) is 19.3 Å². The number of benzene rings is 1. The van der Waals surface area contributed by atoms with Crippen molar-refractivity contribution in [3.05, 3.63) is 53.7 Å². The number of amides is 1. The number of tetrazole rings is 1. The number of aromatic amines is 1. The van der Waals surface area contributed by atoms with Crippen molar-refractivity contribution in [2.45, 2.75) is 25.3 Å². The fourth-order valence-corrected chi connectivity index (χ4v) is 4.29. The molecule has 1 amide bonds. The van der Waals surface area contributed by atoms with Crippen molar-refractivity contribution in [1.29, 1.82) is 0 Å². The highest BCUT2D eigenvalue weighted by atomic mass is 19.2. The molecule has 1 fully saturated rings. The second-order valence-corrected chi connectivity index (χ2v) is 8.10. The number of H-pyrrole nitrogens is 1. The topological polar surface area (TPSA) is 117 Å². The van der Waals surface area contributed by atoms with Crippen LogP contribution in [0.25, 0.3) is 22.6 Å². The van der Waals surface area contributed by atoms with Crippen LogP contribution in [0.1, 0.15) is 24.8 Å². The predicted octanol–water partition coefficient (Wildman–Crippen LogP) is 1.37. The first kappa shape index (κ1) is 21.1. The number of nitrogen functional groups attached to an aromatic ring is 1. The lowest BCUT2D eigenvalue weighted by Crippen LogP contribution is -2.45. The minimum absolute atomic E-state index is 0.0774. The van der Waals surface area contributed by atoms with E-state index in [0.717, 1.165) is 36.6 Å². The minimum Gasteiger partial charge on any atom is -0.383 e. The van der Waals surface area contributed by atoms with Crippen molar-refractivity contribution in [3.63, 3.8) is 0 Å². The number of anilines is 1. The second kappa shape index (κ2) is 8.66. The van der Waals surface area contributed by atoms with Gasteiger partial charge >= 0.3 is 5.82 Å². The lowest BCUT2D eigenvalue weighted by atomic mass is 9.98. The summed E-state index contributed by atoms with van der Waals surface area (Å²) < 4.78 is 29.4. The third kappa shape index (κ3) is 3.95. The van der Waals surface area contributed by atoms with Crippen molar-refractivity contribution in [1.82, 2.24) is 30.7 Å². The maximum atomic E-state index is 14.4. The summed E-state index contributed by atoms with van der Waals surface area (Å²) in [6.07, 6.45) is 6.23. The van der Waals surface area contributed by atoms with Crippen LogP contribution >= 0.6 is 0 Å². The second-order valence-electron chi connectivity index (χ2n) is 8.10. The highest BCUT2D eigenvalue weighted by Gasteiger charge is 2.29. The van der Waals surface area contributed by atoms with Gasteiger partial charge < -0.3 is 16.0 Å². The van der Waals surface area contributed by atoms with E-state index in [4.69, 9.17) is 5.73 Å². The molecule has 0 radical (unpaired) electrons. The molecule has 3 aromatic rings. The Bertz CT molecular complexity index is 1230. The number of carbonyl (C=O) groups is 1. The zero-order chi connectivity index (χ0) is 22.9. The fourth-order valence-electron chi connectivity index (χ4n) is 4.29. The maximum Gasteiger partial charge on any atom is 0.341 e. The zero-order valence-electron chi connectivity index (χ0n) is 17.8. The van der Waals surface area contributed by atoms with Crippen LogP contribution in [0.3, 0.4) is 0 Å². The number of nitrogens with zero attached hydrogens (tertiary/aromatic N) is 5. The molecule has 0 spiro atoms. The molecule has 33 heavy (non-hydrogen) atoms. The Kier molecular flexibility index (Phi) is 5.55. The Morgan fingerprint density at radius 1 is 1.30 bits per heavy atom. The van der Waals surface area contributed by atoms with Crippen LogP contribution in [-0.2, 0) is 4.79 Å². The Morgan fingerprint density at radius 2 is 2.18 bits per heavy atom. The highest BCUT2D eigenvalue weighted by Crippen LogP contribution is 2.28. The maximum absolute atomic E-state index is 14.4. The van der Waals surface area contributed by atoms with Gasteiger partial charge in [-0.3, -0.25) is 4.79 Å². The highest BCUT2D eigenvalue weighted by molar-refractivity contribution is 5.83. The molecule has 1 aromatic carbocycles. The number of hydrogen-bond donors (Lipinski definition) is 3. The third-order valence-corrected chi connectivity index (χ3v) is 6.08. The van der Waals surface area contributed by atoms with E-state index in [9.17, 15) is 13.6 Å². The molecule has 4 heterocycles. The monoisotopic (exact) mass is 453 g/mol.